The van der Waals surface area contributed by atoms with Crippen molar-refractivity contribution in [1.82, 2.24) is 15.2 Å². The Hall–Kier alpha value is -1.62. The molecule has 116 valence electrons. The van der Waals surface area contributed by atoms with Gasteiger partial charge in [-0.05, 0) is 45.3 Å². The van der Waals surface area contributed by atoms with Crippen molar-refractivity contribution in [1.29, 1.82) is 0 Å². The predicted molar refractivity (Wildman–Crippen MR) is 85.6 cm³/mol. The summed E-state index contributed by atoms with van der Waals surface area (Å²) in [6.07, 6.45) is 6.94. The van der Waals surface area contributed by atoms with Gasteiger partial charge in [-0.2, -0.15) is 0 Å². The first-order chi connectivity index (χ1) is 10.2. The zero-order valence-corrected chi connectivity index (χ0v) is 13.1. The SMILES string of the molecule is CCCNc1cnccc1C(=O)NC(C)CN1CCCC1. The molecule has 2 heterocycles. The predicted octanol–water partition coefficient (Wildman–Crippen LogP) is 2.12. The van der Waals surface area contributed by atoms with Gasteiger partial charge in [0.15, 0.2) is 0 Å². The van der Waals surface area contributed by atoms with Gasteiger partial charge in [0, 0.05) is 25.3 Å². The summed E-state index contributed by atoms with van der Waals surface area (Å²) in [6.45, 7) is 8.24. The van der Waals surface area contributed by atoms with Gasteiger partial charge in [0.2, 0.25) is 0 Å². The Morgan fingerprint density at radius 2 is 2.19 bits per heavy atom. The van der Waals surface area contributed by atoms with Crippen molar-refractivity contribution in [3.8, 4) is 0 Å². The Kier molecular flexibility index (Phi) is 5.99. The monoisotopic (exact) mass is 290 g/mol. The molecule has 0 radical (unpaired) electrons. The lowest BCUT2D eigenvalue weighted by Crippen LogP contribution is -2.41. The summed E-state index contributed by atoms with van der Waals surface area (Å²) in [7, 11) is 0. The van der Waals surface area contributed by atoms with Gasteiger partial charge in [-0.25, -0.2) is 0 Å². The van der Waals surface area contributed by atoms with Crippen molar-refractivity contribution in [3.63, 3.8) is 0 Å². The molecule has 1 aliphatic heterocycles. The highest BCUT2D eigenvalue weighted by molar-refractivity contribution is 5.99. The summed E-state index contributed by atoms with van der Waals surface area (Å²) < 4.78 is 0. The standard InChI is InChI=1S/C16H26N4O/c1-3-7-18-15-11-17-8-6-14(15)16(21)19-13(2)12-20-9-4-5-10-20/h6,8,11,13,18H,3-5,7,9-10,12H2,1-2H3,(H,19,21). The second-order valence-corrected chi connectivity index (χ2v) is 5.73. The first-order valence-electron chi connectivity index (χ1n) is 7.91. The zero-order chi connectivity index (χ0) is 15.1. The van der Waals surface area contributed by atoms with Crippen LogP contribution >= 0.6 is 0 Å². The fourth-order valence-electron chi connectivity index (χ4n) is 2.69. The Bertz CT molecular complexity index is 457. The number of nitrogens with zero attached hydrogens (tertiary/aromatic N) is 2. The molecule has 1 fully saturated rings. The van der Waals surface area contributed by atoms with Crippen LogP contribution in [0.3, 0.4) is 0 Å². The number of nitrogens with one attached hydrogen (secondary N) is 2. The summed E-state index contributed by atoms with van der Waals surface area (Å²) in [5.41, 5.74) is 1.48. The normalized spacial score (nSPS) is 16.7. The van der Waals surface area contributed by atoms with Crippen LogP contribution in [0.1, 0.15) is 43.5 Å². The topological polar surface area (TPSA) is 57.3 Å². The second kappa shape index (κ2) is 7.98. The van der Waals surface area contributed by atoms with Crippen molar-refractivity contribution in [2.75, 3.05) is 31.5 Å². The van der Waals surface area contributed by atoms with E-state index in [1.54, 1.807) is 18.5 Å². The molecule has 1 aromatic heterocycles. The quantitative estimate of drug-likeness (QED) is 0.807. The minimum absolute atomic E-state index is 0.0253. The average Bonchev–Trinajstić information content (AvgIpc) is 2.98. The van der Waals surface area contributed by atoms with E-state index >= 15 is 0 Å². The summed E-state index contributed by atoms with van der Waals surface area (Å²) in [6, 6.07) is 1.93. The highest BCUT2D eigenvalue weighted by Gasteiger charge is 2.18. The van der Waals surface area contributed by atoms with E-state index in [0.717, 1.165) is 38.3 Å². The number of anilines is 1. The van der Waals surface area contributed by atoms with Gasteiger partial charge in [0.05, 0.1) is 17.4 Å². The maximum absolute atomic E-state index is 12.4. The smallest absolute Gasteiger partial charge is 0.253 e. The van der Waals surface area contributed by atoms with E-state index in [2.05, 4.69) is 34.4 Å². The Balaban J connectivity index is 1.92. The fraction of sp³-hybridized carbons (Fsp3) is 0.625. The number of hydrogen-bond acceptors (Lipinski definition) is 4. The molecule has 0 bridgehead atoms. The maximum Gasteiger partial charge on any atom is 0.253 e. The van der Waals surface area contributed by atoms with Gasteiger partial charge in [-0.1, -0.05) is 6.92 Å². The van der Waals surface area contributed by atoms with E-state index in [9.17, 15) is 4.79 Å². The van der Waals surface area contributed by atoms with Crippen LogP contribution in [-0.4, -0.2) is 48.0 Å². The molecule has 1 saturated heterocycles. The fourth-order valence-corrected chi connectivity index (χ4v) is 2.69. The molecule has 0 spiro atoms. The minimum Gasteiger partial charge on any atom is -0.383 e. The molecule has 1 aromatic rings. The number of carbonyl (C=O) groups is 1. The molecule has 1 aliphatic rings. The average molecular weight is 290 g/mol. The van der Waals surface area contributed by atoms with Crippen molar-refractivity contribution in [2.24, 2.45) is 0 Å². The highest BCUT2D eigenvalue weighted by atomic mass is 16.1. The zero-order valence-electron chi connectivity index (χ0n) is 13.1. The van der Waals surface area contributed by atoms with Crippen LogP contribution in [-0.2, 0) is 0 Å². The van der Waals surface area contributed by atoms with Crippen molar-refractivity contribution in [3.05, 3.63) is 24.0 Å². The van der Waals surface area contributed by atoms with E-state index in [0.29, 0.717) is 5.56 Å². The molecule has 0 aliphatic carbocycles. The van der Waals surface area contributed by atoms with Crippen molar-refractivity contribution >= 4 is 11.6 Å². The second-order valence-electron chi connectivity index (χ2n) is 5.73. The minimum atomic E-state index is -0.0253. The summed E-state index contributed by atoms with van der Waals surface area (Å²) in [5, 5.41) is 6.35. The van der Waals surface area contributed by atoms with Gasteiger partial charge in [0.25, 0.3) is 5.91 Å². The van der Waals surface area contributed by atoms with Gasteiger partial charge >= 0.3 is 0 Å². The third-order valence-electron chi connectivity index (χ3n) is 3.74. The third-order valence-corrected chi connectivity index (χ3v) is 3.74. The van der Waals surface area contributed by atoms with E-state index in [4.69, 9.17) is 0 Å². The van der Waals surface area contributed by atoms with Gasteiger partial charge in [0.1, 0.15) is 0 Å². The molecule has 5 nitrogen and oxygen atoms in total. The van der Waals surface area contributed by atoms with Crippen LogP contribution in [0.5, 0.6) is 0 Å². The Labute approximate surface area is 127 Å². The van der Waals surface area contributed by atoms with Crippen molar-refractivity contribution < 1.29 is 4.79 Å². The number of pyridine rings is 1. The maximum atomic E-state index is 12.4. The summed E-state index contributed by atoms with van der Waals surface area (Å²) >= 11 is 0. The molecule has 21 heavy (non-hydrogen) atoms. The number of hydrogen-bond donors (Lipinski definition) is 2. The Morgan fingerprint density at radius 1 is 1.43 bits per heavy atom. The molecule has 5 heteroatoms. The molecule has 1 atom stereocenters. The molecule has 0 saturated carbocycles. The number of rotatable bonds is 7. The largest absolute Gasteiger partial charge is 0.383 e. The van der Waals surface area contributed by atoms with Crippen LogP contribution < -0.4 is 10.6 Å². The van der Waals surface area contributed by atoms with E-state index in [1.807, 2.05) is 0 Å². The van der Waals surface area contributed by atoms with Gasteiger partial charge in [-0.3, -0.25) is 9.78 Å². The number of likely N-dealkylation sites (tertiary alicyclic amines) is 1. The lowest BCUT2D eigenvalue weighted by Gasteiger charge is -2.21. The first-order valence-corrected chi connectivity index (χ1v) is 7.91. The number of carbonyl (C=O) groups excluding carboxylic acids is 1. The molecule has 0 aromatic carbocycles. The molecule has 2 N–H and O–H groups in total. The molecule has 1 unspecified atom stereocenters. The summed E-state index contributed by atoms with van der Waals surface area (Å²) in [5.74, 6) is -0.0253. The van der Waals surface area contributed by atoms with Crippen LogP contribution in [0.25, 0.3) is 0 Å². The Morgan fingerprint density at radius 3 is 2.90 bits per heavy atom. The van der Waals surface area contributed by atoms with E-state index in [1.165, 1.54) is 12.8 Å². The molecular weight excluding hydrogens is 264 g/mol. The van der Waals surface area contributed by atoms with Gasteiger partial charge < -0.3 is 15.5 Å². The van der Waals surface area contributed by atoms with E-state index < -0.39 is 0 Å². The lowest BCUT2D eigenvalue weighted by atomic mass is 10.2. The number of amides is 1. The summed E-state index contributed by atoms with van der Waals surface area (Å²) in [4.78, 5) is 18.9. The van der Waals surface area contributed by atoms with Crippen molar-refractivity contribution in [2.45, 2.75) is 39.2 Å². The molecule has 2 rings (SSSR count). The highest BCUT2D eigenvalue weighted by Crippen LogP contribution is 2.14. The molecule has 1 amide bonds. The third kappa shape index (κ3) is 4.70. The van der Waals surface area contributed by atoms with E-state index in [-0.39, 0.29) is 11.9 Å². The van der Waals surface area contributed by atoms with Gasteiger partial charge in [-0.15, -0.1) is 0 Å². The van der Waals surface area contributed by atoms with Crippen LogP contribution in [0.4, 0.5) is 5.69 Å². The molecular formula is C16H26N4O. The van der Waals surface area contributed by atoms with Crippen LogP contribution in [0.2, 0.25) is 0 Å². The van der Waals surface area contributed by atoms with Crippen LogP contribution in [0, 0.1) is 0 Å². The van der Waals surface area contributed by atoms with Crippen LogP contribution in [0.15, 0.2) is 18.5 Å². The number of aromatic nitrogens is 1. The lowest BCUT2D eigenvalue weighted by molar-refractivity contribution is 0.0932. The first kappa shape index (κ1) is 15.8.